The molecule has 0 aromatic carbocycles. The Morgan fingerprint density at radius 3 is 2.45 bits per heavy atom. The lowest BCUT2D eigenvalue weighted by molar-refractivity contribution is 0.0695. The van der Waals surface area contributed by atoms with Gasteiger partial charge >= 0.3 is 5.97 Å². The van der Waals surface area contributed by atoms with Gasteiger partial charge in [0.05, 0.1) is 5.69 Å². The zero-order chi connectivity index (χ0) is 14.9. The Morgan fingerprint density at radius 1 is 1.30 bits per heavy atom. The van der Waals surface area contributed by atoms with Crippen LogP contribution in [0.1, 0.15) is 62.2 Å². The molecular weight excluding hydrogens is 254 g/mol. The van der Waals surface area contributed by atoms with Crippen LogP contribution in [0.3, 0.4) is 0 Å². The molecule has 1 saturated heterocycles. The summed E-state index contributed by atoms with van der Waals surface area (Å²) in [5.41, 5.74) is 1.91. The first-order valence-corrected chi connectivity index (χ1v) is 7.31. The molecule has 1 aliphatic rings. The fourth-order valence-electron chi connectivity index (χ4n) is 3.08. The normalized spacial score (nSPS) is 17.5. The van der Waals surface area contributed by atoms with Crippen LogP contribution < -0.4 is 4.90 Å². The number of aryl methyl sites for hydroxylation is 1. The maximum absolute atomic E-state index is 11.7. The van der Waals surface area contributed by atoms with Gasteiger partial charge in [0, 0.05) is 12.1 Å². The molecule has 0 atom stereocenters. The van der Waals surface area contributed by atoms with Crippen LogP contribution in [-0.4, -0.2) is 33.4 Å². The van der Waals surface area contributed by atoms with E-state index in [0.29, 0.717) is 24.2 Å². The molecule has 0 aliphatic carbocycles. The molecule has 1 aliphatic heterocycles. The third kappa shape index (κ3) is 2.37. The number of rotatable bonds is 4. The largest absolute Gasteiger partial charge is 0.478 e. The van der Waals surface area contributed by atoms with E-state index in [2.05, 4.69) is 28.9 Å². The Bertz CT molecular complexity index is 526. The van der Waals surface area contributed by atoms with Crippen molar-refractivity contribution < 1.29 is 9.90 Å². The lowest BCUT2D eigenvalue weighted by Gasteiger charge is -2.33. The highest BCUT2D eigenvalue weighted by molar-refractivity contribution is 5.95. The van der Waals surface area contributed by atoms with Crippen LogP contribution in [-0.2, 0) is 12.8 Å². The van der Waals surface area contributed by atoms with Crippen molar-refractivity contribution in [3.63, 3.8) is 0 Å². The van der Waals surface area contributed by atoms with E-state index in [4.69, 9.17) is 0 Å². The average Bonchev–Trinajstić information content (AvgIpc) is 2.76. The quantitative estimate of drug-likeness (QED) is 0.916. The van der Waals surface area contributed by atoms with Crippen LogP contribution in [0, 0.1) is 0 Å². The highest BCUT2D eigenvalue weighted by Gasteiger charge is 2.36. The second-order valence-electron chi connectivity index (χ2n) is 5.90. The number of anilines is 1. The maximum Gasteiger partial charge on any atom is 0.339 e. The summed E-state index contributed by atoms with van der Waals surface area (Å²) in [7, 11) is 0. The van der Waals surface area contributed by atoms with Gasteiger partial charge in [-0.15, -0.1) is 5.10 Å². The fourth-order valence-corrected chi connectivity index (χ4v) is 3.08. The molecular formula is C15H23N3O2. The molecule has 2 rings (SSSR count). The third-order valence-corrected chi connectivity index (χ3v) is 4.20. The number of hydrogen-bond acceptors (Lipinski definition) is 4. The lowest BCUT2D eigenvalue weighted by atomic mass is 9.99. The van der Waals surface area contributed by atoms with Crippen LogP contribution in [0.4, 0.5) is 5.82 Å². The van der Waals surface area contributed by atoms with Crippen molar-refractivity contribution in [2.24, 2.45) is 0 Å². The summed E-state index contributed by atoms with van der Waals surface area (Å²) in [6.07, 6.45) is 3.48. The van der Waals surface area contributed by atoms with E-state index in [1.54, 1.807) is 0 Å². The number of aromatic nitrogens is 2. The van der Waals surface area contributed by atoms with E-state index >= 15 is 0 Å². The molecule has 110 valence electrons. The predicted octanol–water partition coefficient (Wildman–Crippen LogP) is 2.68. The Balaban J connectivity index is 2.62. The van der Waals surface area contributed by atoms with Crippen molar-refractivity contribution in [2.45, 2.75) is 58.9 Å². The van der Waals surface area contributed by atoms with Gasteiger partial charge in [0.2, 0.25) is 0 Å². The van der Waals surface area contributed by atoms with Crippen LogP contribution >= 0.6 is 0 Å². The molecule has 0 amide bonds. The molecule has 5 nitrogen and oxygen atoms in total. The van der Waals surface area contributed by atoms with E-state index in [-0.39, 0.29) is 5.54 Å². The molecule has 0 radical (unpaired) electrons. The highest BCUT2D eigenvalue weighted by Crippen LogP contribution is 2.35. The molecule has 1 aromatic heterocycles. The summed E-state index contributed by atoms with van der Waals surface area (Å²) in [5.74, 6) is -0.363. The summed E-state index contributed by atoms with van der Waals surface area (Å²) >= 11 is 0. The van der Waals surface area contributed by atoms with E-state index < -0.39 is 5.97 Å². The van der Waals surface area contributed by atoms with Crippen LogP contribution in [0.25, 0.3) is 0 Å². The van der Waals surface area contributed by atoms with Crippen molar-refractivity contribution in [3.8, 4) is 0 Å². The van der Waals surface area contributed by atoms with Crippen molar-refractivity contribution in [2.75, 3.05) is 11.4 Å². The van der Waals surface area contributed by atoms with E-state index in [9.17, 15) is 9.90 Å². The second-order valence-corrected chi connectivity index (χ2v) is 5.90. The standard InChI is InChI=1S/C15H23N3O2/c1-5-10-11(6-2)16-17-13(12(10)14(19)20)18-9-7-8-15(18,3)4/h5-9H2,1-4H3,(H,19,20). The lowest BCUT2D eigenvalue weighted by Crippen LogP contribution is -2.40. The molecule has 1 fully saturated rings. The number of carboxylic acid groups (broad SMARTS) is 1. The minimum Gasteiger partial charge on any atom is -0.478 e. The SMILES string of the molecule is CCc1nnc(N2CCCC2(C)C)c(C(=O)O)c1CC. The number of carbonyl (C=O) groups is 1. The molecule has 5 heteroatoms. The zero-order valence-corrected chi connectivity index (χ0v) is 12.7. The smallest absolute Gasteiger partial charge is 0.339 e. The number of carboxylic acids is 1. The first-order chi connectivity index (χ1) is 9.42. The molecule has 1 aromatic rings. The highest BCUT2D eigenvalue weighted by atomic mass is 16.4. The summed E-state index contributed by atoms with van der Waals surface area (Å²) in [6.45, 7) is 9.06. The van der Waals surface area contributed by atoms with Gasteiger partial charge in [-0.1, -0.05) is 13.8 Å². The maximum atomic E-state index is 11.7. The van der Waals surface area contributed by atoms with Crippen LogP contribution in [0.5, 0.6) is 0 Å². The summed E-state index contributed by atoms with van der Waals surface area (Å²) < 4.78 is 0. The Labute approximate surface area is 120 Å². The van der Waals surface area contributed by atoms with Gasteiger partial charge in [-0.3, -0.25) is 0 Å². The Hall–Kier alpha value is -1.65. The molecule has 20 heavy (non-hydrogen) atoms. The second kappa shape index (κ2) is 5.38. The van der Waals surface area contributed by atoms with E-state index in [1.807, 2.05) is 13.8 Å². The average molecular weight is 277 g/mol. The Kier molecular flexibility index (Phi) is 3.97. The molecule has 0 unspecified atom stereocenters. The molecule has 0 spiro atoms. The first-order valence-electron chi connectivity index (χ1n) is 7.31. The first kappa shape index (κ1) is 14.8. The topological polar surface area (TPSA) is 66.3 Å². The Morgan fingerprint density at radius 2 is 2.00 bits per heavy atom. The summed E-state index contributed by atoms with van der Waals surface area (Å²) in [5, 5.41) is 18.2. The van der Waals surface area contributed by atoms with Crippen molar-refractivity contribution in [1.29, 1.82) is 0 Å². The minimum atomic E-state index is -0.899. The van der Waals surface area contributed by atoms with Crippen LogP contribution in [0.2, 0.25) is 0 Å². The van der Waals surface area contributed by atoms with E-state index in [1.165, 1.54) is 0 Å². The molecule has 1 N–H and O–H groups in total. The number of hydrogen-bond donors (Lipinski definition) is 1. The van der Waals surface area contributed by atoms with Crippen molar-refractivity contribution in [3.05, 3.63) is 16.8 Å². The third-order valence-electron chi connectivity index (χ3n) is 4.20. The number of nitrogens with zero attached hydrogens (tertiary/aromatic N) is 3. The van der Waals surface area contributed by atoms with E-state index in [0.717, 1.165) is 30.6 Å². The monoisotopic (exact) mass is 277 g/mol. The van der Waals surface area contributed by atoms with Gasteiger partial charge in [-0.25, -0.2) is 4.79 Å². The fraction of sp³-hybridized carbons (Fsp3) is 0.667. The summed E-state index contributed by atoms with van der Waals surface area (Å²) in [4.78, 5) is 13.8. The van der Waals surface area contributed by atoms with Crippen molar-refractivity contribution >= 4 is 11.8 Å². The van der Waals surface area contributed by atoms with Gasteiger partial charge in [-0.05, 0) is 45.1 Å². The molecule has 2 heterocycles. The number of aromatic carboxylic acids is 1. The zero-order valence-electron chi connectivity index (χ0n) is 12.7. The molecule has 0 saturated carbocycles. The van der Waals surface area contributed by atoms with Crippen molar-refractivity contribution in [1.82, 2.24) is 10.2 Å². The van der Waals surface area contributed by atoms with Crippen LogP contribution in [0.15, 0.2) is 0 Å². The predicted molar refractivity (Wildman–Crippen MR) is 78.4 cm³/mol. The minimum absolute atomic E-state index is 0.0579. The molecule has 0 bridgehead atoms. The van der Waals surface area contributed by atoms with Gasteiger partial charge < -0.3 is 10.0 Å². The van der Waals surface area contributed by atoms with Gasteiger partial charge in [0.25, 0.3) is 0 Å². The summed E-state index contributed by atoms with van der Waals surface area (Å²) in [6, 6.07) is 0. The van der Waals surface area contributed by atoms with Gasteiger partial charge in [-0.2, -0.15) is 5.10 Å². The van der Waals surface area contributed by atoms with Gasteiger partial charge in [0.1, 0.15) is 5.56 Å². The van der Waals surface area contributed by atoms with Gasteiger partial charge in [0.15, 0.2) is 5.82 Å².